The fourth-order valence-corrected chi connectivity index (χ4v) is 1.65. The third kappa shape index (κ3) is 1.26. The van der Waals surface area contributed by atoms with E-state index in [9.17, 15) is 5.11 Å². The van der Waals surface area contributed by atoms with Gasteiger partial charge in [0.1, 0.15) is 0 Å². The Morgan fingerprint density at radius 3 is 3.15 bits per heavy atom. The topological polar surface area (TPSA) is 84.1 Å². The maximum absolute atomic E-state index is 9.75. The van der Waals surface area contributed by atoms with Gasteiger partial charge in [-0.05, 0) is 7.05 Å². The first-order valence-electron chi connectivity index (χ1n) is 4.19. The largest absolute Gasteiger partial charge is 0.387 e. The quantitative estimate of drug-likeness (QED) is 0.529. The van der Waals surface area contributed by atoms with Gasteiger partial charge in [-0.2, -0.15) is 0 Å². The molecule has 0 aromatic carbocycles. The van der Waals surface area contributed by atoms with Crippen molar-refractivity contribution in [2.45, 2.75) is 18.6 Å². The molecule has 1 aliphatic carbocycles. The molecule has 0 aliphatic heterocycles. The minimum absolute atomic E-state index is 0.0334. The lowest BCUT2D eigenvalue weighted by molar-refractivity contribution is 0.146. The molecule has 0 spiro atoms. The monoisotopic (exact) mass is 180 g/mol. The number of nitrogens with one attached hydrogen (secondary N) is 1. The molecule has 0 saturated carbocycles. The molecule has 1 aromatic heterocycles. The molecule has 1 heterocycles. The summed E-state index contributed by atoms with van der Waals surface area (Å²) in [5.74, 6) is 0.266. The maximum Gasteiger partial charge on any atom is 0.220 e. The normalized spacial score (nSPS) is 26.0. The molecule has 0 fully saturated rings. The van der Waals surface area contributed by atoms with E-state index in [4.69, 9.17) is 5.73 Å². The van der Waals surface area contributed by atoms with E-state index >= 15 is 0 Å². The number of fused-ring (bicyclic) bond motifs is 1. The predicted molar refractivity (Wildman–Crippen MR) is 48.0 cm³/mol. The van der Waals surface area contributed by atoms with E-state index in [1.807, 2.05) is 7.05 Å². The van der Waals surface area contributed by atoms with Crippen LogP contribution in [0.3, 0.4) is 0 Å². The van der Waals surface area contributed by atoms with Gasteiger partial charge in [-0.1, -0.05) is 0 Å². The molecule has 13 heavy (non-hydrogen) atoms. The Morgan fingerprint density at radius 2 is 2.46 bits per heavy atom. The number of nitrogen functional groups attached to an aromatic ring is 1. The van der Waals surface area contributed by atoms with Crippen molar-refractivity contribution in [2.75, 3.05) is 12.8 Å². The fraction of sp³-hybridized carbons (Fsp3) is 0.500. The van der Waals surface area contributed by atoms with Crippen molar-refractivity contribution in [2.24, 2.45) is 0 Å². The predicted octanol–water partition coefficient (Wildman–Crippen LogP) is -0.764. The first-order chi connectivity index (χ1) is 6.22. The Balaban J connectivity index is 2.38. The van der Waals surface area contributed by atoms with Gasteiger partial charge in [0.2, 0.25) is 5.95 Å². The summed E-state index contributed by atoms with van der Waals surface area (Å²) < 4.78 is 0. The highest BCUT2D eigenvalue weighted by Crippen LogP contribution is 2.29. The zero-order valence-electron chi connectivity index (χ0n) is 7.36. The molecule has 1 aromatic rings. The molecule has 5 heteroatoms. The Morgan fingerprint density at radius 1 is 1.69 bits per heavy atom. The number of hydrogen-bond donors (Lipinski definition) is 3. The van der Waals surface area contributed by atoms with Gasteiger partial charge in [-0.25, -0.2) is 9.97 Å². The van der Waals surface area contributed by atoms with Gasteiger partial charge in [-0.15, -0.1) is 0 Å². The molecule has 0 radical (unpaired) electrons. The SMILES string of the molecule is CNC1Cc2nc(N)ncc2C1O. The van der Waals surface area contributed by atoms with Gasteiger partial charge in [-0.3, -0.25) is 0 Å². The summed E-state index contributed by atoms with van der Waals surface area (Å²) in [7, 11) is 1.82. The highest BCUT2D eigenvalue weighted by atomic mass is 16.3. The van der Waals surface area contributed by atoms with Crippen molar-refractivity contribution in [3.8, 4) is 0 Å². The number of rotatable bonds is 1. The minimum Gasteiger partial charge on any atom is -0.387 e. The van der Waals surface area contributed by atoms with Crippen LogP contribution in [0.1, 0.15) is 17.4 Å². The van der Waals surface area contributed by atoms with Gasteiger partial charge in [0.25, 0.3) is 0 Å². The lowest BCUT2D eigenvalue weighted by Gasteiger charge is -2.12. The smallest absolute Gasteiger partial charge is 0.220 e. The molecular formula is C8H12N4O. The summed E-state index contributed by atoms with van der Waals surface area (Å²) in [5, 5.41) is 12.8. The Hall–Kier alpha value is -1.20. The van der Waals surface area contributed by atoms with E-state index in [0.29, 0.717) is 6.42 Å². The van der Waals surface area contributed by atoms with Crippen LogP contribution in [0.25, 0.3) is 0 Å². The summed E-state index contributed by atoms with van der Waals surface area (Å²) >= 11 is 0. The molecule has 0 bridgehead atoms. The zero-order chi connectivity index (χ0) is 9.42. The Labute approximate surface area is 76.0 Å². The number of aliphatic hydroxyl groups is 1. The van der Waals surface area contributed by atoms with Crippen molar-refractivity contribution in [3.05, 3.63) is 17.5 Å². The second kappa shape index (κ2) is 2.93. The molecule has 5 nitrogen and oxygen atoms in total. The van der Waals surface area contributed by atoms with Crippen LogP contribution < -0.4 is 11.1 Å². The lowest BCUT2D eigenvalue weighted by Crippen LogP contribution is -2.29. The fourth-order valence-electron chi connectivity index (χ4n) is 1.65. The molecule has 0 amide bonds. The lowest BCUT2D eigenvalue weighted by atomic mass is 10.2. The second-order valence-corrected chi connectivity index (χ2v) is 3.17. The number of aliphatic hydroxyl groups excluding tert-OH is 1. The van der Waals surface area contributed by atoms with Crippen LogP contribution in [-0.4, -0.2) is 28.2 Å². The average molecular weight is 180 g/mol. The molecule has 4 N–H and O–H groups in total. The van der Waals surface area contributed by atoms with E-state index in [2.05, 4.69) is 15.3 Å². The van der Waals surface area contributed by atoms with E-state index in [0.717, 1.165) is 11.3 Å². The van der Waals surface area contributed by atoms with Crippen LogP contribution in [0, 0.1) is 0 Å². The van der Waals surface area contributed by atoms with Crippen molar-refractivity contribution in [1.82, 2.24) is 15.3 Å². The summed E-state index contributed by atoms with van der Waals surface area (Å²) in [6.07, 6.45) is 1.79. The molecule has 0 saturated heterocycles. The maximum atomic E-state index is 9.75. The highest BCUT2D eigenvalue weighted by molar-refractivity contribution is 5.32. The summed E-state index contributed by atoms with van der Waals surface area (Å²) in [6.45, 7) is 0. The third-order valence-corrected chi connectivity index (χ3v) is 2.40. The van der Waals surface area contributed by atoms with Crippen LogP contribution in [0.15, 0.2) is 6.20 Å². The first kappa shape index (κ1) is 8.40. The van der Waals surface area contributed by atoms with Gasteiger partial charge in [0.15, 0.2) is 0 Å². The van der Waals surface area contributed by atoms with Crippen LogP contribution >= 0.6 is 0 Å². The Bertz CT molecular complexity index is 328. The number of nitrogens with zero attached hydrogens (tertiary/aromatic N) is 2. The molecular weight excluding hydrogens is 168 g/mol. The number of anilines is 1. The van der Waals surface area contributed by atoms with Gasteiger partial charge in [0.05, 0.1) is 11.8 Å². The van der Waals surface area contributed by atoms with E-state index < -0.39 is 6.10 Å². The first-order valence-corrected chi connectivity index (χ1v) is 4.19. The number of aromatic nitrogens is 2. The molecule has 2 unspecified atom stereocenters. The van der Waals surface area contributed by atoms with Gasteiger partial charge >= 0.3 is 0 Å². The average Bonchev–Trinajstić information content (AvgIpc) is 2.42. The van der Waals surface area contributed by atoms with Crippen molar-refractivity contribution >= 4 is 5.95 Å². The van der Waals surface area contributed by atoms with Crippen LogP contribution in [0.5, 0.6) is 0 Å². The number of nitrogens with two attached hydrogens (primary N) is 1. The molecule has 2 rings (SSSR count). The van der Waals surface area contributed by atoms with E-state index in [1.165, 1.54) is 0 Å². The minimum atomic E-state index is -0.513. The van der Waals surface area contributed by atoms with E-state index in [1.54, 1.807) is 6.20 Å². The van der Waals surface area contributed by atoms with Crippen molar-refractivity contribution in [1.29, 1.82) is 0 Å². The summed E-state index contributed by atoms with van der Waals surface area (Å²) in [5.41, 5.74) is 7.07. The van der Waals surface area contributed by atoms with Crippen LogP contribution in [0.4, 0.5) is 5.95 Å². The highest BCUT2D eigenvalue weighted by Gasteiger charge is 2.31. The molecule has 70 valence electrons. The van der Waals surface area contributed by atoms with Crippen LogP contribution in [-0.2, 0) is 6.42 Å². The van der Waals surface area contributed by atoms with Gasteiger partial charge in [0, 0.05) is 24.2 Å². The number of hydrogen-bond acceptors (Lipinski definition) is 5. The van der Waals surface area contributed by atoms with Crippen molar-refractivity contribution < 1.29 is 5.11 Å². The van der Waals surface area contributed by atoms with Crippen molar-refractivity contribution in [3.63, 3.8) is 0 Å². The number of likely N-dealkylation sites (N-methyl/N-ethyl adjacent to an activating group) is 1. The third-order valence-electron chi connectivity index (χ3n) is 2.40. The summed E-state index contributed by atoms with van der Waals surface area (Å²) in [4.78, 5) is 7.92. The van der Waals surface area contributed by atoms with E-state index in [-0.39, 0.29) is 12.0 Å². The van der Waals surface area contributed by atoms with Gasteiger partial charge < -0.3 is 16.2 Å². The summed E-state index contributed by atoms with van der Waals surface area (Å²) in [6, 6.07) is 0.0334. The standard InChI is InChI=1S/C8H12N4O/c1-10-6-2-5-4(7(6)13)3-11-8(9)12-5/h3,6-7,10,13H,2H2,1H3,(H2,9,11,12). The molecule has 1 aliphatic rings. The molecule has 2 atom stereocenters. The zero-order valence-corrected chi connectivity index (χ0v) is 7.36. The van der Waals surface area contributed by atoms with Crippen LogP contribution in [0.2, 0.25) is 0 Å². The second-order valence-electron chi connectivity index (χ2n) is 3.17. The Kier molecular flexibility index (Phi) is 1.90.